The minimum Gasteiger partial charge on any atom is -0.379 e. The summed E-state index contributed by atoms with van der Waals surface area (Å²) in [5.74, 6) is 1.08. The van der Waals surface area contributed by atoms with E-state index in [1.54, 1.807) is 24.5 Å². The van der Waals surface area contributed by atoms with Crippen molar-refractivity contribution in [2.75, 3.05) is 13.2 Å². The Bertz CT molecular complexity index is 875. The van der Waals surface area contributed by atoms with Crippen molar-refractivity contribution in [2.24, 2.45) is 0 Å². The lowest BCUT2D eigenvalue weighted by Gasteiger charge is -2.23. The number of hydrogen-bond acceptors (Lipinski definition) is 4. The number of hydrogen-bond donors (Lipinski definition) is 0. The molecule has 1 aliphatic rings. The van der Waals surface area contributed by atoms with Crippen LogP contribution in [-0.2, 0) is 4.74 Å². The summed E-state index contributed by atoms with van der Waals surface area (Å²) in [6, 6.07) is 8.42. The molecule has 1 unspecified atom stereocenters. The molecule has 2 aromatic heterocycles. The monoisotopic (exact) mass is 450 g/mol. The van der Waals surface area contributed by atoms with Crippen LogP contribution in [0.15, 0.2) is 42.7 Å². The van der Waals surface area contributed by atoms with Gasteiger partial charge in [-0.25, -0.2) is 14.1 Å². The zero-order chi connectivity index (χ0) is 17.2. The Balaban J connectivity index is 1.81. The SMILES string of the molecule is Fc1ccc(-c2nc(-c3cncc(I)c3)n(C3CCCOC3)n2)cc1. The van der Waals surface area contributed by atoms with Crippen LogP contribution in [0.25, 0.3) is 22.8 Å². The molecule has 0 spiro atoms. The molecule has 3 heterocycles. The first-order chi connectivity index (χ1) is 12.2. The van der Waals surface area contributed by atoms with E-state index in [0.717, 1.165) is 40.0 Å². The molecule has 1 saturated heterocycles. The fourth-order valence-electron chi connectivity index (χ4n) is 2.95. The summed E-state index contributed by atoms with van der Waals surface area (Å²) < 4.78 is 21.8. The topological polar surface area (TPSA) is 52.8 Å². The van der Waals surface area contributed by atoms with E-state index in [4.69, 9.17) is 14.8 Å². The predicted octanol–water partition coefficient (Wildman–Crippen LogP) is 4.10. The third-order valence-corrected chi connectivity index (χ3v) is 4.77. The van der Waals surface area contributed by atoms with E-state index in [9.17, 15) is 4.39 Å². The Morgan fingerprint density at radius 3 is 2.72 bits per heavy atom. The zero-order valence-corrected chi connectivity index (χ0v) is 15.6. The molecule has 0 saturated carbocycles. The molecule has 1 aliphatic heterocycles. The molecular weight excluding hydrogens is 434 g/mol. The van der Waals surface area contributed by atoms with Gasteiger partial charge in [0.1, 0.15) is 5.82 Å². The number of aromatic nitrogens is 4. The molecule has 0 N–H and O–H groups in total. The van der Waals surface area contributed by atoms with Crippen molar-refractivity contribution < 1.29 is 9.13 Å². The minimum atomic E-state index is -0.272. The number of pyridine rings is 1. The van der Waals surface area contributed by atoms with Gasteiger partial charge in [-0.05, 0) is 65.8 Å². The fourth-order valence-corrected chi connectivity index (χ4v) is 3.44. The fraction of sp³-hybridized carbons (Fsp3) is 0.278. The number of halogens is 2. The van der Waals surface area contributed by atoms with Crippen LogP contribution in [0.3, 0.4) is 0 Å². The molecule has 4 rings (SSSR count). The third kappa shape index (κ3) is 3.57. The van der Waals surface area contributed by atoms with Crippen LogP contribution in [0.4, 0.5) is 4.39 Å². The van der Waals surface area contributed by atoms with Crippen LogP contribution < -0.4 is 0 Å². The van der Waals surface area contributed by atoms with Gasteiger partial charge in [0.05, 0.1) is 12.6 Å². The van der Waals surface area contributed by atoms with Gasteiger partial charge < -0.3 is 4.74 Å². The van der Waals surface area contributed by atoms with E-state index in [-0.39, 0.29) is 11.9 Å². The molecule has 5 nitrogen and oxygen atoms in total. The number of ether oxygens (including phenoxy) is 1. The normalized spacial score (nSPS) is 17.6. The molecule has 128 valence electrons. The van der Waals surface area contributed by atoms with Crippen LogP contribution in [0, 0.1) is 9.39 Å². The highest BCUT2D eigenvalue weighted by Gasteiger charge is 2.23. The summed E-state index contributed by atoms with van der Waals surface area (Å²) in [5.41, 5.74) is 1.70. The van der Waals surface area contributed by atoms with E-state index < -0.39 is 0 Å². The quantitative estimate of drug-likeness (QED) is 0.564. The van der Waals surface area contributed by atoms with Gasteiger partial charge in [-0.15, -0.1) is 0 Å². The standard InChI is InChI=1S/C18H16FIN4O/c19-14-5-3-12(4-6-14)17-22-18(13-8-15(20)10-21-9-13)24(23-17)16-2-1-7-25-11-16/h3-6,8-10,16H,1-2,7,11H2. The van der Waals surface area contributed by atoms with Crippen molar-refractivity contribution in [2.45, 2.75) is 18.9 Å². The van der Waals surface area contributed by atoms with Crippen LogP contribution >= 0.6 is 22.6 Å². The number of benzene rings is 1. The molecule has 0 bridgehead atoms. The Morgan fingerprint density at radius 1 is 1.16 bits per heavy atom. The van der Waals surface area contributed by atoms with Gasteiger partial charge in [0.25, 0.3) is 0 Å². The van der Waals surface area contributed by atoms with Crippen LogP contribution in [0.5, 0.6) is 0 Å². The summed E-state index contributed by atoms with van der Waals surface area (Å²) >= 11 is 2.23. The Labute approximate surface area is 158 Å². The molecular formula is C18H16FIN4O. The minimum absolute atomic E-state index is 0.142. The van der Waals surface area contributed by atoms with Gasteiger partial charge in [-0.3, -0.25) is 4.98 Å². The van der Waals surface area contributed by atoms with Crippen molar-refractivity contribution in [1.82, 2.24) is 19.7 Å². The van der Waals surface area contributed by atoms with Gasteiger partial charge in [-0.1, -0.05) is 0 Å². The summed E-state index contributed by atoms with van der Waals surface area (Å²) in [6.45, 7) is 1.41. The largest absolute Gasteiger partial charge is 0.379 e. The lowest BCUT2D eigenvalue weighted by Crippen LogP contribution is -2.23. The van der Waals surface area contributed by atoms with Gasteiger partial charge in [0, 0.05) is 33.7 Å². The highest BCUT2D eigenvalue weighted by molar-refractivity contribution is 14.1. The summed E-state index contributed by atoms with van der Waals surface area (Å²) in [5, 5.41) is 4.71. The van der Waals surface area contributed by atoms with E-state index in [1.807, 2.05) is 10.7 Å². The highest BCUT2D eigenvalue weighted by Crippen LogP contribution is 2.29. The third-order valence-electron chi connectivity index (χ3n) is 4.18. The molecule has 0 aliphatic carbocycles. The molecule has 3 aromatic rings. The second-order valence-corrected chi connectivity index (χ2v) is 7.22. The van der Waals surface area contributed by atoms with Crippen molar-refractivity contribution in [3.8, 4) is 22.8 Å². The average molecular weight is 450 g/mol. The smallest absolute Gasteiger partial charge is 0.181 e. The van der Waals surface area contributed by atoms with E-state index in [1.165, 1.54) is 12.1 Å². The van der Waals surface area contributed by atoms with E-state index in [0.29, 0.717) is 12.4 Å². The summed E-state index contributed by atoms with van der Waals surface area (Å²) in [7, 11) is 0. The highest BCUT2D eigenvalue weighted by atomic mass is 127. The van der Waals surface area contributed by atoms with Crippen LogP contribution in [0.1, 0.15) is 18.9 Å². The Kier molecular flexibility index (Phi) is 4.76. The van der Waals surface area contributed by atoms with Crippen LogP contribution in [-0.4, -0.2) is 33.0 Å². The maximum Gasteiger partial charge on any atom is 0.181 e. The Hall–Kier alpha value is -1.87. The molecule has 1 fully saturated rings. The van der Waals surface area contributed by atoms with Crippen molar-refractivity contribution in [3.05, 3.63) is 52.1 Å². The van der Waals surface area contributed by atoms with E-state index in [2.05, 4.69) is 27.6 Å². The van der Waals surface area contributed by atoms with Crippen molar-refractivity contribution >= 4 is 22.6 Å². The summed E-state index contributed by atoms with van der Waals surface area (Å²) in [6.07, 6.45) is 5.59. The molecule has 7 heteroatoms. The molecule has 0 amide bonds. The van der Waals surface area contributed by atoms with Crippen molar-refractivity contribution in [1.29, 1.82) is 0 Å². The molecule has 1 aromatic carbocycles. The second kappa shape index (κ2) is 7.17. The zero-order valence-electron chi connectivity index (χ0n) is 13.4. The maximum atomic E-state index is 13.2. The first-order valence-electron chi connectivity index (χ1n) is 8.12. The number of nitrogens with zero attached hydrogens (tertiary/aromatic N) is 4. The van der Waals surface area contributed by atoms with E-state index >= 15 is 0 Å². The predicted molar refractivity (Wildman–Crippen MR) is 100 cm³/mol. The first kappa shape index (κ1) is 16.6. The lowest BCUT2D eigenvalue weighted by molar-refractivity contribution is 0.0555. The van der Waals surface area contributed by atoms with Crippen molar-refractivity contribution in [3.63, 3.8) is 0 Å². The van der Waals surface area contributed by atoms with Crippen LogP contribution in [0.2, 0.25) is 0 Å². The maximum absolute atomic E-state index is 13.2. The lowest BCUT2D eigenvalue weighted by atomic mass is 10.1. The molecule has 25 heavy (non-hydrogen) atoms. The summed E-state index contributed by atoms with van der Waals surface area (Å²) in [4.78, 5) is 9.00. The van der Waals surface area contributed by atoms with Gasteiger partial charge in [-0.2, -0.15) is 5.10 Å². The van der Waals surface area contributed by atoms with Gasteiger partial charge >= 0.3 is 0 Å². The molecule has 0 radical (unpaired) electrons. The average Bonchev–Trinajstić information content (AvgIpc) is 3.08. The Morgan fingerprint density at radius 2 is 2.00 bits per heavy atom. The second-order valence-electron chi connectivity index (χ2n) is 5.97. The molecule has 1 atom stereocenters. The first-order valence-corrected chi connectivity index (χ1v) is 9.20. The number of rotatable bonds is 3. The van der Waals surface area contributed by atoms with Gasteiger partial charge in [0.15, 0.2) is 11.6 Å². The van der Waals surface area contributed by atoms with Gasteiger partial charge in [0.2, 0.25) is 0 Å².